The second-order valence-corrected chi connectivity index (χ2v) is 8.58. The number of imidazole rings is 1. The van der Waals surface area contributed by atoms with E-state index in [4.69, 9.17) is 10.8 Å². The topological polar surface area (TPSA) is 147 Å². The molecule has 0 aliphatic heterocycles. The molecule has 1 aliphatic carbocycles. The quantitative estimate of drug-likeness (QED) is 0.442. The Hall–Kier alpha value is -4.83. The lowest BCUT2D eigenvalue weighted by Gasteiger charge is -2.42. The van der Waals surface area contributed by atoms with Gasteiger partial charge in [-0.05, 0) is 31.0 Å². The average molecular weight is 446 g/mol. The smallest absolute Gasteiger partial charge is 0.179 e. The maximum atomic E-state index is 9.36. The highest BCUT2D eigenvalue weighted by molar-refractivity contribution is 5.97. The molecule has 6 rings (SSSR count). The first kappa shape index (κ1) is 19.8. The second-order valence-electron chi connectivity index (χ2n) is 8.58. The lowest BCUT2D eigenvalue weighted by molar-refractivity contribution is 0.0713. The number of fused-ring (bicyclic) bond motifs is 2. The summed E-state index contributed by atoms with van der Waals surface area (Å²) in [7, 11) is 0. The maximum Gasteiger partial charge on any atom is 0.179 e. The molecule has 164 valence electrons. The molecular formula is C24H18N10. The second kappa shape index (κ2) is 7.36. The van der Waals surface area contributed by atoms with E-state index in [1.807, 2.05) is 41.1 Å². The van der Waals surface area contributed by atoms with Gasteiger partial charge in [-0.25, -0.2) is 9.97 Å². The van der Waals surface area contributed by atoms with E-state index < -0.39 is 5.54 Å². The maximum absolute atomic E-state index is 9.36. The third-order valence-electron chi connectivity index (χ3n) is 6.45. The van der Waals surface area contributed by atoms with Crippen LogP contribution < -0.4 is 5.73 Å². The molecule has 0 bridgehead atoms. The third kappa shape index (κ3) is 2.97. The first-order valence-electron chi connectivity index (χ1n) is 10.8. The van der Waals surface area contributed by atoms with Crippen molar-refractivity contribution >= 4 is 22.4 Å². The van der Waals surface area contributed by atoms with Crippen LogP contribution in [0.15, 0.2) is 55.2 Å². The Morgan fingerprint density at radius 1 is 1.15 bits per heavy atom. The van der Waals surface area contributed by atoms with Crippen LogP contribution in [0.2, 0.25) is 0 Å². The van der Waals surface area contributed by atoms with Crippen LogP contribution in [0.4, 0.5) is 5.82 Å². The first-order valence-corrected chi connectivity index (χ1v) is 10.8. The number of rotatable bonds is 4. The molecule has 10 nitrogen and oxygen atoms in total. The highest BCUT2D eigenvalue weighted by atomic mass is 15.5. The van der Waals surface area contributed by atoms with Gasteiger partial charge >= 0.3 is 0 Å². The molecule has 0 unspecified atom stereocenters. The Labute approximate surface area is 193 Å². The number of hydrogen-bond acceptors (Lipinski definition) is 8. The van der Waals surface area contributed by atoms with E-state index in [9.17, 15) is 10.5 Å². The number of nitriles is 2. The molecule has 10 heteroatoms. The van der Waals surface area contributed by atoms with Crippen LogP contribution in [-0.4, -0.2) is 34.3 Å². The van der Waals surface area contributed by atoms with Crippen molar-refractivity contribution in [2.45, 2.75) is 24.8 Å². The molecule has 0 atom stereocenters. The summed E-state index contributed by atoms with van der Waals surface area (Å²) in [6.07, 6.45) is 10.2. The summed E-state index contributed by atoms with van der Waals surface area (Å²) in [5.74, 6) is 0.261. The lowest BCUT2D eigenvalue weighted by atomic mass is 9.68. The van der Waals surface area contributed by atoms with Crippen molar-refractivity contribution in [2.75, 3.05) is 5.73 Å². The molecule has 1 saturated carbocycles. The van der Waals surface area contributed by atoms with Crippen LogP contribution in [0.3, 0.4) is 0 Å². The van der Waals surface area contributed by atoms with Crippen molar-refractivity contribution in [3.8, 4) is 34.7 Å². The van der Waals surface area contributed by atoms with Crippen molar-refractivity contribution < 1.29 is 0 Å². The van der Waals surface area contributed by atoms with E-state index in [1.165, 1.54) is 0 Å². The number of benzene rings is 1. The van der Waals surface area contributed by atoms with Crippen LogP contribution in [0.25, 0.3) is 39.1 Å². The summed E-state index contributed by atoms with van der Waals surface area (Å²) in [5, 5.41) is 28.8. The van der Waals surface area contributed by atoms with Gasteiger partial charge in [0.25, 0.3) is 0 Å². The molecule has 0 radical (unpaired) electrons. The molecule has 1 fully saturated rings. The van der Waals surface area contributed by atoms with Gasteiger partial charge in [0, 0.05) is 41.3 Å². The highest BCUT2D eigenvalue weighted by Crippen LogP contribution is 2.45. The Morgan fingerprint density at radius 3 is 2.85 bits per heavy atom. The molecule has 1 aromatic carbocycles. The zero-order chi connectivity index (χ0) is 23.3. The summed E-state index contributed by atoms with van der Waals surface area (Å²) >= 11 is 0. The molecule has 1 aliphatic rings. The summed E-state index contributed by atoms with van der Waals surface area (Å²) in [6, 6.07) is 12.3. The van der Waals surface area contributed by atoms with Crippen molar-refractivity contribution in [2.24, 2.45) is 5.92 Å². The molecule has 4 aromatic heterocycles. The molecule has 0 saturated heterocycles. The summed E-state index contributed by atoms with van der Waals surface area (Å²) in [4.78, 5) is 14.9. The van der Waals surface area contributed by atoms with Gasteiger partial charge in [0.05, 0.1) is 47.4 Å². The van der Waals surface area contributed by atoms with E-state index >= 15 is 0 Å². The van der Waals surface area contributed by atoms with Crippen LogP contribution in [-0.2, 0) is 5.54 Å². The van der Waals surface area contributed by atoms with Crippen molar-refractivity contribution in [3.63, 3.8) is 0 Å². The van der Waals surface area contributed by atoms with Gasteiger partial charge in [0.1, 0.15) is 5.69 Å². The van der Waals surface area contributed by atoms with E-state index in [2.05, 4.69) is 32.2 Å². The van der Waals surface area contributed by atoms with Gasteiger partial charge in [-0.3, -0.25) is 4.98 Å². The first-order chi connectivity index (χ1) is 16.6. The number of nitrogen functional groups attached to an aromatic ring is 1. The molecule has 0 spiro atoms. The predicted molar refractivity (Wildman–Crippen MR) is 124 cm³/mol. The van der Waals surface area contributed by atoms with Crippen LogP contribution in [0.5, 0.6) is 0 Å². The minimum atomic E-state index is -0.540. The largest absolute Gasteiger partial charge is 0.381 e. The lowest BCUT2D eigenvalue weighted by Crippen LogP contribution is -2.47. The van der Waals surface area contributed by atoms with Gasteiger partial charge in [0.2, 0.25) is 0 Å². The molecule has 0 amide bonds. The normalized spacial score (nSPS) is 19.5. The van der Waals surface area contributed by atoms with Crippen molar-refractivity contribution in [1.82, 2.24) is 34.3 Å². The summed E-state index contributed by atoms with van der Waals surface area (Å²) in [6.45, 7) is 0. The van der Waals surface area contributed by atoms with E-state index in [1.54, 1.807) is 23.4 Å². The van der Waals surface area contributed by atoms with Crippen molar-refractivity contribution in [3.05, 3.63) is 55.2 Å². The Kier molecular flexibility index (Phi) is 4.29. The number of nitrogens with zero attached hydrogens (tertiary/aromatic N) is 9. The fourth-order valence-corrected chi connectivity index (χ4v) is 4.73. The van der Waals surface area contributed by atoms with Gasteiger partial charge in [-0.2, -0.15) is 25.5 Å². The highest BCUT2D eigenvalue weighted by Gasteiger charge is 2.48. The molecule has 2 N–H and O–H groups in total. The van der Waals surface area contributed by atoms with Crippen LogP contribution in [0.1, 0.15) is 19.3 Å². The number of hydrogen-bond donors (Lipinski definition) is 1. The average Bonchev–Trinajstić information content (AvgIpc) is 3.51. The minimum Gasteiger partial charge on any atom is -0.381 e. The van der Waals surface area contributed by atoms with Gasteiger partial charge in [0.15, 0.2) is 11.5 Å². The zero-order valence-corrected chi connectivity index (χ0v) is 18.0. The number of aromatic nitrogens is 7. The number of anilines is 1. The van der Waals surface area contributed by atoms with Crippen LogP contribution in [0, 0.1) is 28.6 Å². The number of pyridine rings is 1. The van der Waals surface area contributed by atoms with E-state index in [0.717, 1.165) is 22.0 Å². The fraction of sp³-hybridized carbons (Fsp3) is 0.208. The van der Waals surface area contributed by atoms with E-state index in [-0.39, 0.29) is 12.3 Å². The van der Waals surface area contributed by atoms with Gasteiger partial charge in [-0.15, -0.1) is 0 Å². The summed E-state index contributed by atoms with van der Waals surface area (Å²) < 4.78 is 1.84. The number of nitrogens with two attached hydrogens (primary N) is 1. The molecule has 4 heterocycles. The van der Waals surface area contributed by atoms with Gasteiger partial charge < -0.3 is 10.1 Å². The zero-order valence-electron chi connectivity index (χ0n) is 18.0. The standard InChI is InChI=1S/C24H18N10/c25-4-3-24(10-15(11-24)12-26)34-30-13-20(32-34)18-8-16(9-19-17(18)2-1-5-28-19)21-14-33-7-6-29-23(33)22(27)31-21/h1-2,5-9,13-15H,3,10-11H2,(H2,27,31). The van der Waals surface area contributed by atoms with Gasteiger partial charge in [-0.1, -0.05) is 6.07 Å². The Bertz CT molecular complexity index is 1640. The Balaban J connectivity index is 1.49. The minimum absolute atomic E-state index is 0.0780. The van der Waals surface area contributed by atoms with Crippen LogP contribution >= 0.6 is 0 Å². The summed E-state index contributed by atoms with van der Waals surface area (Å²) in [5.41, 5.74) is 10.0. The SMILES string of the molecule is N#CCC1(n2ncc(-c3cc(-c4cn5ccnc5c(N)n4)cc4ncccc34)n2)CC(C#N)C1. The van der Waals surface area contributed by atoms with E-state index in [0.29, 0.717) is 35.7 Å². The fourth-order valence-electron chi connectivity index (χ4n) is 4.73. The molecule has 5 aromatic rings. The Morgan fingerprint density at radius 2 is 2.03 bits per heavy atom. The molecule has 34 heavy (non-hydrogen) atoms. The monoisotopic (exact) mass is 446 g/mol. The molecular weight excluding hydrogens is 428 g/mol. The van der Waals surface area contributed by atoms with Crippen molar-refractivity contribution in [1.29, 1.82) is 10.5 Å². The predicted octanol–water partition coefficient (Wildman–Crippen LogP) is 3.33. The third-order valence-corrected chi connectivity index (χ3v) is 6.45.